The first kappa shape index (κ1) is 20.6. The highest BCUT2D eigenvalue weighted by atomic mass is 19.1. The van der Waals surface area contributed by atoms with Crippen LogP contribution in [-0.2, 0) is 11.2 Å². The second kappa shape index (κ2) is 8.68. The van der Waals surface area contributed by atoms with Crippen molar-refractivity contribution in [2.45, 2.75) is 44.2 Å². The molecule has 162 valence electrons. The fraction of sp³-hybridized carbons (Fsp3) is 0.346. The molecule has 1 N–H and O–H groups in total. The first-order valence-electron chi connectivity index (χ1n) is 11.1. The molecule has 0 radical (unpaired) electrons. The van der Waals surface area contributed by atoms with Gasteiger partial charge in [0.2, 0.25) is 0 Å². The highest BCUT2D eigenvalue weighted by Gasteiger charge is 2.42. The van der Waals surface area contributed by atoms with Crippen LogP contribution >= 0.6 is 0 Å². The number of hydrogen-bond donors (Lipinski definition) is 1. The van der Waals surface area contributed by atoms with E-state index in [0.717, 1.165) is 24.8 Å². The summed E-state index contributed by atoms with van der Waals surface area (Å²) in [5, 5.41) is 17.0. The summed E-state index contributed by atoms with van der Waals surface area (Å²) in [6.45, 7) is 0. The zero-order valence-corrected chi connectivity index (χ0v) is 17.6. The fourth-order valence-corrected chi connectivity index (χ4v) is 5.04. The average molecular weight is 429 g/mol. The number of carbonyl (C=O) groups excluding carboxylic acids is 1. The van der Waals surface area contributed by atoms with E-state index in [1.165, 1.54) is 6.07 Å². The van der Waals surface area contributed by atoms with Crippen LogP contribution in [0.2, 0.25) is 0 Å². The van der Waals surface area contributed by atoms with Crippen molar-refractivity contribution in [2.24, 2.45) is 11.8 Å². The van der Waals surface area contributed by atoms with Crippen molar-refractivity contribution in [3.63, 3.8) is 0 Å². The SMILES string of the molecule is N#C[C@@H](CC(=O)[C@H]1N[C@@H]2CC[C@H]1C2)Cc1ccc(-c2cc(-c3ccccc3)no2)cc1F. The molecule has 3 aromatic rings. The smallest absolute Gasteiger partial charge is 0.167 e. The van der Waals surface area contributed by atoms with Crippen LogP contribution in [0.4, 0.5) is 4.39 Å². The van der Waals surface area contributed by atoms with E-state index in [9.17, 15) is 14.4 Å². The van der Waals surface area contributed by atoms with E-state index in [2.05, 4.69) is 16.5 Å². The molecule has 2 bridgehead atoms. The Morgan fingerprint density at radius 1 is 1.19 bits per heavy atom. The molecule has 1 saturated heterocycles. The Kier molecular flexibility index (Phi) is 5.59. The Morgan fingerprint density at radius 2 is 2.03 bits per heavy atom. The molecular formula is C26H24FN3O2. The topological polar surface area (TPSA) is 78.9 Å². The van der Waals surface area contributed by atoms with Crippen molar-refractivity contribution in [3.05, 3.63) is 66.0 Å². The highest BCUT2D eigenvalue weighted by Crippen LogP contribution is 2.36. The highest BCUT2D eigenvalue weighted by molar-refractivity contribution is 5.85. The number of carbonyl (C=O) groups is 1. The molecule has 5 nitrogen and oxygen atoms in total. The van der Waals surface area contributed by atoms with Gasteiger partial charge in [0.25, 0.3) is 0 Å². The van der Waals surface area contributed by atoms with Crippen LogP contribution in [0.25, 0.3) is 22.6 Å². The van der Waals surface area contributed by atoms with Gasteiger partial charge in [-0.2, -0.15) is 5.26 Å². The largest absolute Gasteiger partial charge is 0.356 e. The molecule has 1 aliphatic carbocycles. The number of hydrogen-bond acceptors (Lipinski definition) is 5. The number of rotatable bonds is 7. The van der Waals surface area contributed by atoms with Crippen LogP contribution in [0, 0.1) is 29.0 Å². The van der Waals surface area contributed by atoms with Gasteiger partial charge < -0.3 is 9.84 Å². The number of nitrogens with one attached hydrogen (secondary N) is 1. The van der Waals surface area contributed by atoms with Crippen molar-refractivity contribution in [1.82, 2.24) is 10.5 Å². The standard InChI is InChI=1S/C26H24FN3O2/c27-22-13-19(25-14-23(30-32-25)17-4-2-1-3-5-17)7-6-18(22)10-16(15-28)11-24(31)26-20-8-9-21(12-20)29-26/h1-7,13-14,16,20-21,26,29H,8-12H2/t16-,20+,21-,26+/m1/s1. The molecule has 1 aliphatic heterocycles. The van der Waals surface area contributed by atoms with Gasteiger partial charge in [-0.15, -0.1) is 0 Å². The van der Waals surface area contributed by atoms with Gasteiger partial charge in [0, 0.05) is 29.7 Å². The third kappa shape index (κ3) is 4.09. The maximum atomic E-state index is 14.9. The third-order valence-electron chi connectivity index (χ3n) is 6.72. The molecule has 0 unspecified atom stereocenters. The van der Waals surface area contributed by atoms with Gasteiger partial charge in [0.1, 0.15) is 11.5 Å². The Balaban J connectivity index is 1.26. The van der Waals surface area contributed by atoms with E-state index in [4.69, 9.17) is 4.52 Å². The van der Waals surface area contributed by atoms with Crippen molar-refractivity contribution in [3.8, 4) is 28.7 Å². The number of ketones is 1. The average Bonchev–Trinajstić information content (AvgIpc) is 3.57. The summed E-state index contributed by atoms with van der Waals surface area (Å²) < 4.78 is 20.3. The fourth-order valence-electron chi connectivity index (χ4n) is 5.04. The zero-order chi connectivity index (χ0) is 22.1. The lowest BCUT2D eigenvalue weighted by molar-refractivity contribution is -0.122. The second-order valence-electron chi connectivity index (χ2n) is 8.86. The van der Waals surface area contributed by atoms with Gasteiger partial charge in [0.15, 0.2) is 11.5 Å². The van der Waals surface area contributed by atoms with E-state index >= 15 is 0 Å². The summed E-state index contributed by atoms with van der Waals surface area (Å²) in [6.07, 6.45) is 3.63. The molecule has 0 spiro atoms. The number of nitrogens with zero attached hydrogens (tertiary/aromatic N) is 2. The number of benzene rings is 2. The molecule has 5 rings (SSSR count). The van der Waals surface area contributed by atoms with Gasteiger partial charge in [-0.1, -0.05) is 47.6 Å². The lowest BCUT2D eigenvalue weighted by Gasteiger charge is -2.22. The molecule has 0 amide bonds. The number of Topliss-reactive ketones (excluding diaryl/α,β-unsaturated/α-hetero) is 1. The van der Waals surface area contributed by atoms with E-state index in [0.29, 0.717) is 34.5 Å². The van der Waals surface area contributed by atoms with Gasteiger partial charge in [-0.25, -0.2) is 4.39 Å². The Labute approximate surface area is 186 Å². The van der Waals surface area contributed by atoms with Crippen LogP contribution in [-0.4, -0.2) is 23.0 Å². The van der Waals surface area contributed by atoms with Crippen LogP contribution in [0.5, 0.6) is 0 Å². The minimum absolute atomic E-state index is 0.0795. The first-order chi connectivity index (χ1) is 15.6. The number of fused-ring (bicyclic) bond motifs is 2. The summed E-state index contributed by atoms with van der Waals surface area (Å²) in [6, 6.07) is 18.7. The Bertz CT molecular complexity index is 1170. The third-order valence-corrected chi connectivity index (χ3v) is 6.72. The predicted octanol–water partition coefficient (Wildman–Crippen LogP) is 4.93. The molecule has 2 heterocycles. The zero-order valence-electron chi connectivity index (χ0n) is 17.6. The normalized spacial score (nSPS) is 22.6. The van der Waals surface area contributed by atoms with Crippen molar-refractivity contribution in [1.29, 1.82) is 5.26 Å². The quantitative estimate of drug-likeness (QED) is 0.576. The van der Waals surface area contributed by atoms with Crippen molar-refractivity contribution in [2.75, 3.05) is 0 Å². The maximum Gasteiger partial charge on any atom is 0.167 e. The van der Waals surface area contributed by atoms with Gasteiger partial charge in [-0.3, -0.25) is 4.79 Å². The monoisotopic (exact) mass is 429 g/mol. The minimum Gasteiger partial charge on any atom is -0.356 e. The van der Waals surface area contributed by atoms with E-state index in [1.54, 1.807) is 18.2 Å². The molecule has 2 aliphatic rings. The lowest BCUT2D eigenvalue weighted by atomic mass is 9.88. The molecule has 6 heteroatoms. The lowest BCUT2D eigenvalue weighted by Crippen LogP contribution is -2.42. The summed E-state index contributed by atoms with van der Waals surface area (Å²) in [5.41, 5.74) is 2.61. The van der Waals surface area contributed by atoms with Crippen molar-refractivity contribution >= 4 is 5.78 Å². The molecule has 4 atom stereocenters. The molecule has 1 saturated carbocycles. The van der Waals surface area contributed by atoms with Crippen molar-refractivity contribution < 1.29 is 13.7 Å². The number of halogens is 1. The Hall–Kier alpha value is -3.30. The predicted molar refractivity (Wildman–Crippen MR) is 118 cm³/mol. The van der Waals surface area contributed by atoms with E-state index in [1.807, 2.05) is 30.3 Å². The summed E-state index contributed by atoms with van der Waals surface area (Å²) >= 11 is 0. The van der Waals surface area contributed by atoms with Gasteiger partial charge in [0.05, 0.1) is 18.0 Å². The van der Waals surface area contributed by atoms with E-state index in [-0.39, 0.29) is 24.7 Å². The summed E-state index contributed by atoms with van der Waals surface area (Å²) in [5.74, 6) is -0.00486. The molecule has 1 aromatic heterocycles. The minimum atomic E-state index is -0.543. The summed E-state index contributed by atoms with van der Waals surface area (Å²) in [7, 11) is 0. The van der Waals surface area contributed by atoms with E-state index < -0.39 is 11.7 Å². The number of aromatic nitrogens is 1. The maximum absolute atomic E-state index is 14.9. The van der Waals surface area contributed by atoms with Crippen LogP contribution in [0.1, 0.15) is 31.2 Å². The Morgan fingerprint density at radius 3 is 2.72 bits per heavy atom. The first-order valence-corrected chi connectivity index (χ1v) is 11.1. The molecule has 2 aromatic carbocycles. The molecule has 2 fully saturated rings. The second-order valence-corrected chi connectivity index (χ2v) is 8.86. The van der Waals surface area contributed by atoms with Crippen LogP contribution < -0.4 is 5.32 Å². The van der Waals surface area contributed by atoms with Gasteiger partial charge >= 0.3 is 0 Å². The number of nitriles is 1. The van der Waals surface area contributed by atoms with Crippen LogP contribution in [0.3, 0.4) is 0 Å². The van der Waals surface area contributed by atoms with Crippen LogP contribution in [0.15, 0.2) is 59.1 Å². The molecular weight excluding hydrogens is 405 g/mol. The summed E-state index contributed by atoms with van der Waals surface area (Å²) in [4.78, 5) is 12.7. The molecule has 32 heavy (non-hydrogen) atoms. The van der Waals surface area contributed by atoms with Gasteiger partial charge in [-0.05, 0) is 43.2 Å². The number of piperidine rings is 1.